The Balaban J connectivity index is 2.27. The molecule has 0 atom stereocenters. The van der Waals surface area contributed by atoms with Crippen LogP contribution in [0.25, 0.3) is 0 Å². The maximum Gasteiger partial charge on any atom is 0.226 e. The summed E-state index contributed by atoms with van der Waals surface area (Å²) in [6.45, 7) is 2.09. The second-order valence-corrected chi connectivity index (χ2v) is 4.24. The van der Waals surface area contributed by atoms with E-state index < -0.39 is 0 Å². The molecule has 1 aromatic heterocycles. The Kier molecular flexibility index (Phi) is 4.55. The minimum absolute atomic E-state index is 0.0344. The normalized spacial score (nSPS) is 10.1. The van der Waals surface area contributed by atoms with E-state index in [0.717, 1.165) is 4.88 Å². The van der Waals surface area contributed by atoms with Crippen molar-refractivity contribution in [3.8, 4) is 0 Å². The van der Waals surface area contributed by atoms with E-state index >= 15 is 0 Å². The Hall–Kier alpha value is -0.940. The van der Waals surface area contributed by atoms with Crippen LogP contribution in [-0.2, 0) is 4.79 Å². The zero-order valence-corrected chi connectivity index (χ0v) is 8.93. The molecule has 0 saturated heterocycles. The molecule has 0 unspecified atom stereocenters. The average molecular weight is 214 g/mol. The first-order chi connectivity index (χ1) is 6.72. The van der Waals surface area contributed by atoms with Gasteiger partial charge in [0, 0.05) is 24.1 Å². The van der Waals surface area contributed by atoms with Crippen LogP contribution in [0.15, 0.2) is 6.20 Å². The summed E-state index contributed by atoms with van der Waals surface area (Å²) in [6.07, 6.45) is 3.56. The third kappa shape index (κ3) is 3.85. The number of hydrogen-bond acceptors (Lipinski definition) is 4. The molecule has 2 N–H and O–H groups in total. The summed E-state index contributed by atoms with van der Waals surface area (Å²) in [6, 6.07) is 0. The number of nitrogens with one attached hydrogen (secondary N) is 1. The van der Waals surface area contributed by atoms with Crippen LogP contribution < -0.4 is 5.32 Å². The van der Waals surface area contributed by atoms with Gasteiger partial charge in [-0.2, -0.15) is 0 Å². The molecule has 1 heterocycles. The summed E-state index contributed by atoms with van der Waals surface area (Å²) < 4.78 is 0. The topological polar surface area (TPSA) is 62.2 Å². The number of thiazole rings is 1. The van der Waals surface area contributed by atoms with E-state index in [1.165, 1.54) is 11.3 Å². The molecule has 0 aliphatic carbocycles. The van der Waals surface area contributed by atoms with Gasteiger partial charge in [0.15, 0.2) is 5.13 Å². The number of aryl methyl sites for hydroxylation is 1. The van der Waals surface area contributed by atoms with Gasteiger partial charge in [-0.25, -0.2) is 4.98 Å². The predicted octanol–water partition coefficient (Wildman–Crippen LogP) is 1.55. The van der Waals surface area contributed by atoms with Crippen LogP contribution in [0.5, 0.6) is 0 Å². The van der Waals surface area contributed by atoms with Crippen molar-refractivity contribution in [2.24, 2.45) is 0 Å². The molecule has 1 amide bonds. The number of hydrogen-bond donors (Lipinski definition) is 2. The molecule has 0 radical (unpaired) electrons. The molecule has 0 saturated carbocycles. The van der Waals surface area contributed by atoms with Crippen molar-refractivity contribution in [3.05, 3.63) is 11.1 Å². The van der Waals surface area contributed by atoms with Crippen molar-refractivity contribution in [2.75, 3.05) is 11.9 Å². The molecule has 4 nitrogen and oxygen atoms in total. The fraction of sp³-hybridized carbons (Fsp3) is 0.556. The molecule has 0 spiro atoms. The molecule has 0 aliphatic rings. The fourth-order valence-electron chi connectivity index (χ4n) is 0.992. The van der Waals surface area contributed by atoms with Crippen LogP contribution >= 0.6 is 11.3 Å². The lowest BCUT2D eigenvalue weighted by Crippen LogP contribution is -2.10. The summed E-state index contributed by atoms with van der Waals surface area (Å²) in [7, 11) is 0. The highest BCUT2D eigenvalue weighted by Gasteiger charge is 2.04. The summed E-state index contributed by atoms with van der Waals surface area (Å²) in [4.78, 5) is 16.4. The molecule has 0 bridgehead atoms. The highest BCUT2D eigenvalue weighted by Crippen LogP contribution is 2.16. The predicted molar refractivity (Wildman–Crippen MR) is 56.4 cm³/mol. The van der Waals surface area contributed by atoms with E-state index in [2.05, 4.69) is 10.3 Å². The van der Waals surface area contributed by atoms with Gasteiger partial charge in [0.2, 0.25) is 5.91 Å². The molecule has 0 fully saturated rings. The number of carbonyl (C=O) groups is 1. The first-order valence-electron chi connectivity index (χ1n) is 4.55. The number of unbranched alkanes of at least 4 members (excludes halogenated alkanes) is 1. The molecule has 1 aromatic rings. The van der Waals surface area contributed by atoms with Crippen molar-refractivity contribution in [1.82, 2.24) is 4.98 Å². The Morgan fingerprint density at radius 2 is 2.43 bits per heavy atom. The van der Waals surface area contributed by atoms with E-state index in [0.29, 0.717) is 24.4 Å². The third-order valence-electron chi connectivity index (χ3n) is 1.68. The van der Waals surface area contributed by atoms with Crippen molar-refractivity contribution in [3.63, 3.8) is 0 Å². The van der Waals surface area contributed by atoms with E-state index in [-0.39, 0.29) is 12.5 Å². The standard InChI is InChI=1S/C9H14N2O2S/c1-7-6-10-9(14-7)11-8(13)4-2-3-5-12/h6,12H,2-5H2,1H3,(H,10,11,13). The van der Waals surface area contributed by atoms with Gasteiger partial charge < -0.3 is 10.4 Å². The van der Waals surface area contributed by atoms with Gasteiger partial charge in [-0.15, -0.1) is 11.3 Å². The minimum atomic E-state index is -0.0344. The zero-order valence-electron chi connectivity index (χ0n) is 8.12. The molecular formula is C9H14N2O2S. The van der Waals surface area contributed by atoms with Crippen LogP contribution in [0, 0.1) is 6.92 Å². The third-order valence-corrected chi connectivity index (χ3v) is 2.51. The Morgan fingerprint density at radius 1 is 1.64 bits per heavy atom. The van der Waals surface area contributed by atoms with Gasteiger partial charge in [-0.1, -0.05) is 0 Å². The van der Waals surface area contributed by atoms with Crippen LogP contribution in [0.2, 0.25) is 0 Å². The van der Waals surface area contributed by atoms with Crippen LogP contribution in [0.4, 0.5) is 5.13 Å². The van der Waals surface area contributed by atoms with Gasteiger partial charge in [0.1, 0.15) is 0 Å². The summed E-state index contributed by atoms with van der Waals surface area (Å²) >= 11 is 1.46. The van der Waals surface area contributed by atoms with Gasteiger partial charge >= 0.3 is 0 Å². The fourth-order valence-corrected chi connectivity index (χ4v) is 1.67. The highest BCUT2D eigenvalue weighted by molar-refractivity contribution is 7.15. The lowest BCUT2D eigenvalue weighted by atomic mass is 10.2. The van der Waals surface area contributed by atoms with Gasteiger partial charge in [-0.05, 0) is 19.8 Å². The Bertz CT molecular complexity index is 299. The number of rotatable bonds is 5. The van der Waals surface area contributed by atoms with Gasteiger partial charge in [0.25, 0.3) is 0 Å². The van der Waals surface area contributed by atoms with Gasteiger partial charge in [-0.3, -0.25) is 4.79 Å². The molecule has 0 aliphatic heterocycles. The van der Waals surface area contributed by atoms with E-state index in [9.17, 15) is 4.79 Å². The molecule has 78 valence electrons. The molecule has 1 rings (SSSR count). The number of aromatic nitrogens is 1. The number of carbonyl (C=O) groups excluding carboxylic acids is 1. The lowest BCUT2D eigenvalue weighted by Gasteiger charge is -1.99. The number of amides is 1. The van der Waals surface area contributed by atoms with Crippen molar-refractivity contribution < 1.29 is 9.90 Å². The average Bonchev–Trinajstić information content (AvgIpc) is 2.52. The number of nitrogens with zero attached hydrogens (tertiary/aromatic N) is 1. The molecule has 0 aromatic carbocycles. The van der Waals surface area contributed by atoms with Crippen molar-refractivity contribution in [1.29, 1.82) is 0 Å². The SMILES string of the molecule is Cc1cnc(NC(=O)CCCCO)s1. The number of aliphatic hydroxyl groups excluding tert-OH is 1. The van der Waals surface area contributed by atoms with E-state index in [4.69, 9.17) is 5.11 Å². The van der Waals surface area contributed by atoms with Crippen molar-refractivity contribution >= 4 is 22.4 Å². The minimum Gasteiger partial charge on any atom is -0.396 e. The summed E-state index contributed by atoms with van der Waals surface area (Å²) in [5.41, 5.74) is 0. The first kappa shape index (κ1) is 11.1. The number of anilines is 1. The monoisotopic (exact) mass is 214 g/mol. The Labute approximate surface area is 87.0 Å². The van der Waals surface area contributed by atoms with Crippen LogP contribution in [-0.4, -0.2) is 22.6 Å². The van der Waals surface area contributed by atoms with Crippen LogP contribution in [0.3, 0.4) is 0 Å². The zero-order chi connectivity index (χ0) is 10.4. The maximum absolute atomic E-state index is 11.3. The molecular weight excluding hydrogens is 200 g/mol. The maximum atomic E-state index is 11.3. The molecule has 14 heavy (non-hydrogen) atoms. The number of aliphatic hydroxyl groups is 1. The quantitative estimate of drug-likeness (QED) is 0.731. The largest absolute Gasteiger partial charge is 0.396 e. The summed E-state index contributed by atoms with van der Waals surface area (Å²) in [5.74, 6) is -0.0344. The summed E-state index contributed by atoms with van der Waals surface area (Å²) in [5, 5.41) is 11.9. The van der Waals surface area contributed by atoms with Crippen LogP contribution in [0.1, 0.15) is 24.1 Å². The van der Waals surface area contributed by atoms with Gasteiger partial charge in [0.05, 0.1) is 0 Å². The Morgan fingerprint density at radius 3 is 3.00 bits per heavy atom. The highest BCUT2D eigenvalue weighted by atomic mass is 32.1. The van der Waals surface area contributed by atoms with E-state index in [1.807, 2.05) is 6.92 Å². The first-order valence-corrected chi connectivity index (χ1v) is 5.37. The molecule has 5 heteroatoms. The second-order valence-electron chi connectivity index (χ2n) is 3.00. The smallest absolute Gasteiger partial charge is 0.226 e. The van der Waals surface area contributed by atoms with Crippen molar-refractivity contribution in [2.45, 2.75) is 26.2 Å². The lowest BCUT2D eigenvalue weighted by molar-refractivity contribution is -0.116. The second kappa shape index (κ2) is 5.72. The van der Waals surface area contributed by atoms with E-state index in [1.54, 1.807) is 6.20 Å².